The lowest BCUT2D eigenvalue weighted by Crippen LogP contribution is -2.34. The second-order valence-corrected chi connectivity index (χ2v) is 4.32. The van der Waals surface area contributed by atoms with E-state index >= 15 is 0 Å². The Morgan fingerprint density at radius 2 is 2.12 bits per heavy atom. The normalized spacial score (nSPS) is 19.9. The number of nitrogens with two attached hydrogens (primary N) is 1. The zero-order chi connectivity index (χ0) is 11.5. The lowest BCUT2D eigenvalue weighted by atomic mass is 10.3. The van der Waals surface area contributed by atoms with Crippen LogP contribution in [0.25, 0.3) is 0 Å². The first-order valence-corrected chi connectivity index (χ1v) is 5.63. The van der Waals surface area contributed by atoms with Crippen LogP contribution in [0.4, 0.5) is 10.1 Å². The molecule has 1 aliphatic rings. The average Bonchev–Trinajstić information content (AvgIpc) is 2.68. The summed E-state index contributed by atoms with van der Waals surface area (Å²) >= 11 is 5.25. The van der Waals surface area contributed by atoms with Gasteiger partial charge in [-0.3, -0.25) is 0 Å². The van der Waals surface area contributed by atoms with Crippen molar-refractivity contribution < 1.29 is 4.39 Å². The van der Waals surface area contributed by atoms with Crippen molar-refractivity contribution >= 4 is 23.0 Å². The van der Waals surface area contributed by atoms with E-state index in [4.69, 9.17) is 18.0 Å². The predicted octanol–water partition coefficient (Wildman–Crippen LogP) is 1.56. The summed E-state index contributed by atoms with van der Waals surface area (Å²) in [5, 5.41) is 3.72. The van der Waals surface area contributed by atoms with Gasteiger partial charge in [0.05, 0.1) is 0 Å². The maximum atomic E-state index is 12.7. The van der Waals surface area contributed by atoms with E-state index < -0.39 is 0 Å². The van der Waals surface area contributed by atoms with Crippen molar-refractivity contribution in [3.8, 4) is 0 Å². The molecule has 0 unspecified atom stereocenters. The topological polar surface area (TPSA) is 41.3 Å². The van der Waals surface area contributed by atoms with Crippen molar-refractivity contribution in [2.24, 2.45) is 5.73 Å². The Bertz CT molecular complexity index is 379. The van der Waals surface area contributed by atoms with Crippen LogP contribution in [0.2, 0.25) is 0 Å². The van der Waals surface area contributed by atoms with Crippen LogP contribution in [0.15, 0.2) is 24.3 Å². The van der Waals surface area contributed by atoms with Gasteiger partial charge in [0.15, 0.2) is 5.11 Å². The Hall–Kier alpha value is -1.20. The second-order valence-electron chi connectivity index (χ2n) is 3.93. The van der Waals surface area contributed by atoms with Gasteiger partial charge >= 0.3 is 0 Å². The van der Waals surface area contributed by atoms with Gasteiger partial charge in [0.2, 0.25) is 0 Å². The molecular formula is C11H14FN3S. The molecule has 1 heterocycles. The molecule has 0 amide bonds. The van der Waals surface area contributed by atoms with E-state index in [0.717, 1.165) is 25.2 Å². The van der Waals surface area contributed by atoms with Crippen molar-refractivity contribution in [2.75, 3.05) is 18.4 Å². The highest BCUT2D eigenvalue weighted by atomic mass is 32.1. The fraction of sp³-hybridized carbons (Fsp3) is 0.364. The fourth-order valence-corrected chi connectivity index (χ4v) is 1.99. The van der Waals surface area contributed by atoms with Gasteiger partial charge in [-0.1, -0.05) is 0 Å². The Labute approximate surface area is 99.4 Å². The zero-order valence-electron chi connectivity index (χ0n) is 8.82. The van der Waals surface area contributed by atoms with Gasteiger partial charge < -0.3 is 16.0 Å². The van der Waals surface area contributed by atoms with Gasteiger partial charge in [-0.25, -0.2) is 4.39 Å². The Kier molecular flexibility index (Phi) is 3.36. The molecule has 1 atom stereocenters. The lowest BCUT2D eigenvalue weighted by molar-refractivity contribution is 0.518. The molecule has 3 N–H and O–H groups in total. The van der Waals surface area contributed by atoms with Gasteiger partial charge in [-0.05, 0) is 42.9 Å². The standard InChI is InChI=1S/C11H14FN3S/c12-8-1-3-10(4-2-8)14-11(16)15-6-5-9(13)7-15/h1-4,9H,5-7,13H2,(H,14,16)/t9-/m1/s1. The zero-order valence-corrected chi connectivity index (χ0v) is 9.64. The van der Waals surface area contributed by atoms with Crippen molar-refractivity contribution in [3.05, 3.63) is 30.1 Å². The number of hydrogen-bond donors (Lipinski definition) is 2. The fourth-order valence-electron chi connectivity index (χ4n) is 1.71. The predicted molar refractivity (Wildman–Crippen MR) is 66.8 cm³/mol. The average molecular weight is 239 g/mol. The van der Waals surface area contributed by atoms with Crippen LogP contribution in [0.3, 0.4) is 0 Å². The third-order valence-electron chi connectivity index (χ3n) is 2.61. The number of nitrogens with one attached hydrogen (secondary N) is 1. The van der Waals surface area contributed by atoms with E-state index in [1.54, 1.807) is 12.1 Å². The molecule has 3 nitrogen and oxygen atoms in total. The molecule has 16 heavy (non-hydrogen) atoms. The van der Waals surface area contributed by atoms with E-state index in [0.29, 0.717) is 5.11 Å². The molecule has 5 heteroatoms. The molecule has 1 fully saturated rings. The van der Waals surface area contributed by atoms with E-state index in [9.17, 15) is 4.39 Å². The monoisotopic (exact) mass is 239 g/mol. The maximum absolute atomic E-state index is 12.7. The number of thiocarbonyl (C=S) groups is 1. The molecular weight excluding hydrogens is 225 g/mol. The van der Waals surface area contributed by atoms with Crippen LogP contribution in [0.5, 0.6) is 0 Å². The molecule has 0 saturated carbocycles. The smallest absolute Gasteiger partial charge is 0.173 e. The number of halogens is 1. The molecule has 0 aromatic heterocycles. The number of benzene rings is 1. The van der Waals surface area contributed by atoms with Gasteiger partial charge in [0.1, 0.15) is 5.82 Å². The first kappa shape index (κ1) is 11.3. The van der Waals surface area contributed by atoms with Gasteiger partial charge in [0, 0.05) is 24.8 Å². The number of hydrogen-bond acceptors (Lipinski definition) is 2. The minimum absolute atomic E-state index is 0.202. The van der Waals surface area contributed by atoms with Crippen LogP contribution >= 0.6 is 12.2 Å². The second kappa shape index (κ2) is 4.76. The molecule has 0 bridgehead atoms. The Balaban J connectivity index is 1.94. The molecule has 1 saturated heterocycles. The SMILES string of the molecule is N[C@@H]1CCN(C(=S)Nc2ccc(F)cc2)C1. The summed E-state index contributed by atoms with van der Waals surface area (Å²) in [7, 11) is 0. The summed E-state index contributed by atoms with van der Waals surface area (Å²) in [5.74, 6) is -0.250. The first-order valence-electron chi connectivity index (χ1n) is 5.22. The minimum atomic E-state index is -0.250. The van der Waals surface area contributed by atoms with Crippen molar-refractivity contribution in [1.82, 2.24) is 4.90 Å². The largest absolute Gasteiger partial charge is 0.347 e. The van der Waals surface area contributed by atoms with Gasteiger partial charge in [0.25, 0.3) is 0 Å². The molecule has 1 aromatic rings. The van der Waals surface area contributed by atoms with Crippen molar-refractivity contribution in [3.63, 3.8) is 0 Å². The Morgan fingerprint density at radius 1 is 1.44 bits per heavy atom. The van der Waals surface area contributed by atoms with E-state index in [1.807, 2.05) is 4.90 Å². The molecule has 0 radical (unpaired) electrons. The third kappa shape index (κ3) is 2.68. The summed E-state index contributed by atoms with van der Waals surface area (Å²) in [6, 6.07) is 6.34. The number of likely N-dealkylation sites (tertiary alicyclic amines) is 1. The highest BCUT2D eigenvalue weighted by Crippen LogP contribution is 2.12. The van der Waals surface area contributed by atoms with Crippen LogP contribution in [0, 0.1) is 5.82 Å². The van der Waals surface area contributed by atoms with Gasteiger partial charge in [-0.15, -0.1) is 0 Å². The lowest BCUT2D eigenvalue weighted by Gasteiger charge is -2.19. The van der Waals surface area contributed by atoms with Crippen molar-refractivity contribution in [1.29, 1.82) is 0 Å². The molecule has 2 rings (SSSR count). The quantitative estimate of drug-likeness (QED) is 0.730. The van der Waals surface area contributed by atoms with E-state index in [-0.39, 0.29) is 11.9 Å². The van der Waals surface area contributed by atoms with Gasteiger partial charge in [-0.2, -0.15) is 0 Å². The highest BCUT2D eigenvalue weighted by Gasteiger charge is 2.20. The van der Waals surface area contributed by atoms with Crippen LogP contribution < -0.4 is 11.1 Å². The molecule has 0 spiro atoms. The summed E-state index contributed by atoms with van der Waals surface area (Å²) < 4.78 is 12.7. The molecule has 1 aromatic carbocycles. The number of anilines is 1. The van der Waals surface area contributed by atoms with Crippen molar-refractivity contribution in [2.45, 2.75) is 12.5 Å². The summed E-state index contributed by atoms with van der Waals surface area (Å²) in [5.41, 5.74) is 6.60. The maximum Gasteiger partial charge on any atom is 0.173 e. The summed E-state index contributed by atoms with van der Waals surface area (Å²) in [6.07, 6.45) is 0.964. The number of rotatable bonds is 1. The van der Waals surface area contributed by atoms with Crippen LogP contribution in [-0.2, 0) is 0 Å². The minimum Gasteiger partial charge on any atom is -0.347 e. The van der Waals surface area contributed by atoms with E-state index in [2.05, 4.69) is 5.32 Å². The third-order valence-corrected chi connectivity index (χ3v) is 2.97. The highest BCUT2D eigenvalue weighted by molar-refractivity contribution is 7.80. The number of nitrogens with zero attached hydrogens (tertiary/aromatic N) is 1. The molecule has 1 aliphatic heterocycles. The first-order chi connectivity index (χ1) is 7.65. The summed E-state index contributed by atoms with van der Waals surface area (Å²) in [6.45, 7) is 1.67. The van der Waals surface area contributed by atoms with Crippen LogP contribution in [0.1, 0.15) is 6.42 Å². The summed E-state index contributed by atoms with van der Waals surface area (Å²) in [4.78, 5) is 2.03. The van der Waals surface area contributed by atoms with Crippen LogP contribution in [-0.4, -0.2) is 29.1 Å². The molecule has 86 valence electrons. The Morgan fingerprint density at radius 3 is 2.69 bits per heavy atom. The van der Waals surface area contributed by atoms with E-state index in [1.165, 1.54) is 12.1 Å². The molecule has 0 aliphatic carbocycles.